The van der Waals surface area contributed by atoms with E-state index in [2.05, 4.69) is 23.6 Å². The Kier molecular flexibility index (Phi) is 20.3. The van der Waals surface area contributed by atoms with Gasteiger partial charge in [0.1, 0.15) is 0 Å². The van der Waals surface area contributed by atoms with Gasteiger partial charge in [0, 0.05) is 38.3 Å². The third kappa shape index (κ3) is 16.4. The molecule has 0 aromatic heterocycles. The van der Waals surface area contributed by atoms with Gasteiger partial charge in [0.05, 0.1) is 76.3 Å². The lowest BCUT2D eigenvalue weighted by atomic mass is 10.2. The van der Waals surface area contributed by atoms with Crippen LogP contribution in [0.1, 0.15) is 55.4 Å². The molecule has 0 fully saturated rings. The molecule has 0 heterocycles. The van der Waals surface area contributed by atoms with Gasteiger partial charge in [-0.2, -0.15) is 0 Å². The molecule has 0 amide bonds. The van der Waals surface area contributed by atoms with E-state index >= 15 is 0 Å². The minimum atomic E-state index is -0.239. The van der Waals surface area contributed by atoms with Crippen LogP contribution in [-0.4, -0.2) is 145 Å². The van der Waals surface area contributed by atoms with E-state index < -0.39 is 0 Å². The minimum absolute atomic E-state index is 0.0258. The topological polar surface area (TPSA) is 124 Å². The van der Waals surface area contributed by atoms with E-state index in [0.717, 1.165) is 13.1 Å². The average molecular weight is 525 g/mol. The highest BCUT2D eigenvalue weighted by molar-refractivity contribution is 4.77. The summed E-state index contributed by atoms with van der Waals surface area (Å²) in [5, 5.41) is 37.4. The number of rotatable bonds is 23. The zero-order valence-electron chi connectivity index (χ0n) is 24.0. The predicted molar refractivity (Wildman–Crippen MR) is 141 cm³/mol. The van der Waals surface area contributed by atoms with Crippen molar-refractivity contribution < 1.29 is 39.4 Å². The monoisotopic (exact) mass is 524 g/mol. The van der Waals surface area contributed by atoms with E-state index in [1.807, 2.05) is 41.5 Å². The Labute approximate surface area is 219 Å². The van der Waals surface area contributed by atoms with Gasteiger partial charge in [-0.05, 0) is 55.4 Å². The second-order valence-electron chi connectivity index (χ2n) is 10.2. The number of ether oxygens (including phenoxy) is 4. The molecule has 0 aromatic carbocycles. The maximum absolute atomic E-state index is 9.36. The van der Waals surface area contributed by atoms with Gasteiger partial charge in [0.2, 0.25) is 0 Å². The molecule has 0 saturated heterocycles. The molecule has 0 rings (SSSR count). The molecular formula is C26H56N2O8. The van der Waals surface area contributed by atoms with Crippen LogP contribution in [0.2, 0.25) is 0 Å². The van der Waals surface area contributed by atoms with Crippen molar-refractivity contribution in [2.24, 2.45) is 0 Å². The Morgan fingerprint density at radius 3 is 1.06 bits per heavy atom. The molecule has 10 nitrogen and oxygen atoms in total. The van der Waals surface area contributed by atoms with Gasteiger partial charge in [0.25, 0.3) is 0 Å². The van der Waals surface area contributed by atoms with Gasteiger partial charge in [-0.1, -0.05) is 0 Å². The Morgan fingerprint density at radius 2 is 0.778 bits per heavy atom. The van der Waals surface area contributed by atoms with E-state index in [1.165, 1.54) is 0 Å². The van der Waals surface area contributed by atoms with E-state index in [0.29, 0.717) is 26.3 Å². The maximum atomic E-state index is 9.36. The second kappa shape index (κ2) is 20.5. The number of nitrogens with zero attached hydrogens (tertiary/aromatic N) is 2. The average Bonchev–Trinajstić information content (AvgIpc) is 2.86. The van der Waals surface area contributed by atoms with Crippen LogP contribution >= 0.6 is 0 Å². The standard InChI is InChI=1S/C26H56N2O8/c1-19(17-33-23(5)13-29)27(11-21(3)35-25(7)15-31)9-10-28(12-22(4)36-26(8)16-32)20(2)18-34-24(6)14-30/h19-26,29-32H,9-18H2,1-8H3. The predicted octanol–water partition coefficient (Wildman–Crippen LogP) is 0.734. The molecule has 8 atom stereocenters. The molecule has 10 heteroatoms. The Balaban J connectivity index is 5.40. The molecule has 0 bridgehead atoms. The lowest BCUT2D eigenvalue weighted by Crippen LogP contribution is -2.50. The summed E-state index contributed by atoms with van der Waals surface area (Å²) < 4.78 is 23.4. The van der Waals surface area contributed by atoms with Crippen LogP contribution in [0.15, 0.2) is 0 Å². The summed E-state index contributed by atoms with van der Waals surface area (Å²) in [7, 11) is 0. The van der Waals surface area contributed by atoms with Crippen molar-refractivity contribution in [1.29, 1.82) is 0 Å². The molecule has 0 aromatic rings. The van der Waals surface area contributed by atoms with Crippen molar-refractivity contribution in [2.75, 3.05) is 65.8 Å². The summed E-state index contributed by atoms with van der Waals surface area (Å²) in [4.78, 5) is 4.61. The lowest BCUT2D eigenvalue weighted by Gasteiger charge is -2.37. The normalized spacial score (nSPS) is 19.2. The quantitative estimate of drug-likeness (QED) is 0.152. The van der Waals surface area contributed by atoms with Crippen molar-refractivity contribution in [3.05, 3.63) is 0 Å². The first-order valence-corrected chi connectivity index (χ1v) is 13.4. The Bertz CT molecular complexity index is 474. The molecule has 0 aliphatic carbocycles. The molecule has 8 unspecified atom stereocenters. The number of aliphatic hydroxyl groups is 4. The first-order valence-electron chi connectivity index (χ1n) is 13.4. The first-order chi connectivity index (χ1) is 17.0. The van der Waals surface area contributed by atoms with Crippen molar-refractivity contribution in [3.63, 3.8) is 0 Å². The second-order valence-corrected chi connectivity index (χ2v) is 10.2. The highest BCUT2D eigenvalue weighted by Gasteiger charge is 2.24. The third-order valence-corrected chi connectivity index (χ3v) is 6.11. The van der Waals surface area contributed by atoms with E-state index in [9.17, 15) is 20.4 Å². The Morgan fingerprint density at radius 1 is 0.472 bits per heavy atom. The van der Waals surface area contributed by atoms with Gasteiger partial charge in [-0.25, -0.2) is 0 Å². The van der Waals surface area contributed by atoms with Gasteiger partial charge < -0.3 is 39.4 Å². The van der Waals surface area contributed by atoms with Crippen LogP contribution in [0.4, 0.5) is 0 Å². The van der Waals surface area contributed by atoms with Gasteiger partial charge in [-0.15, -0.1) is 0 Å². The smallest absolute Gasteiger partial charge is 0.0781 e. The molecule has 36 heavy (non-hydrogen) atoms. The van der Waals surface area contributed by atoms with Crippen LogP contribution in [0.3, 0.4) is 0 Å². The van der Waals surface area contributed by atoms with Crippen LogP contribution in [0.25, 0.3) is 0 Å². The summed E-state index contributed by atoms with van der Waals surface area (Å²) in [6, 6.07) is 0.167. The molecule has 218 valence electrons. The lowest BCUT2D eigenvalue weighted by molar-refractivity contribution is -0.0619. The van der Waals surface area contributed by atoms with E-state index in [4.69, 9.17) is 18.9 Å². The van der Waals surface area contributed by atoms with Crippen LogP contribution in [-0.2, 0) is 18.9 Å². The van der Waals surface area contributed by atoms with E-state index in [-0.39, 0.29) is 75.1 Å². The number of hydrogen-bond donors (Lipinski definition) is 4. The molecule has 0 aliphatic rings. The molecule has 0 radical (unpaired) electrons. The fourth-order valence-corrected chi connectivity index (χ4v) is 3.79. The van der Waals surface area contributed by atoms with Crippen LogP contribution in [0, 0.1) is 0 Å². The highest BCUT2D eigenvalue weighted by atomic mass is 16.5. The molecule has 0 saturated carbocycles. The van der Waals surface area contributed by atoms with Crippen molar-refractivity contribution in [1.82, 2.24) is 9.80 Å². The number of hydrogen-bond acceptors (Lipinski definition) is 10. The third-order valence-electron chi connectivity index (χ3n) is 6.11. The van der Waals surface area contributed by atoms with Crippen LogP contribution in [0.5, 0.6) is 0 Å². The SMILES string of the molecule is CC(CO)OCC(C)N(CCN(CC(C)OC(C)CO)C(C)COC(C)CO)CC(C)OC(C)CO. The van der Waals surface area contributed by atoms with Crippen molar-refractivity contribution >= 4 is 0 Å². The summed E-state index contributed by atoms with van der Waals surface area (Å²) >= 11 is 0. The highest BCUT2D eigenvalue weighted by Crippen LogP contribution is 2.11. The summed E-state index contributed by atoms with van der Waals surface area (Å²) in [5.41, 5.74) is 0. The van der Waals surface area contributed by atoms with E-state index in [1.54, 1.807) is 0 Å². The largest absolute Gasteiger partial charge is 0.394 e. The van der Waals surface area contributed by atoms with Gasteiger partial charge in [-0.3, -0.25) is 9.80 Å². The molecule has 0 aliphatic heterocycles. The fourth-order valence-electron chi connectivity index (χ4n) is 3.79. The number of aliphatic hydroxyl groups excluding tert-OH is 4. The van der Waals surface area contributed by atoms with Crippen molar-refractivity contribution in [2.45, 2.75) is 104 Å². The van der Waals surface area contributed by atoms with Crippen molar-refractivity contribution in [3.8, 4) is 0 Å². The minimum Gasteiger partial charge on any atom is -0.394 e. The van der Waals surface area contributed by atoms with Gasteiger partial charge >= 0.3 is 0 Å². The summed E-state index contributed by atoms with van der Waals surface area (Å²) in [6.07, 6.45) is -1.11. The summed E-state index contributed by atoms with van der Waals surface area (Å²) in [6.45, 7) is 19.2. The fraction of sp³-hybridized carbons (Fsp3) is 1.00. The first kappa shape index (κ1) is 35.6. The molecular weight excluding hydrogens is 468 g/mol. The maximum Gasteiger partial charge on any atom is 0.0781 e. The zero-order chi connectivity index (χ0) is 27.7. The zero-order valence-corrected chi connectivity index (χ0v) is 24.0. The van der Waals surface area contributed by atoms with Gasteiger partial charge in [0.15, 0.2) is 0 Å². The summed E-state index contributed by atoms with van der Waals surface area (Å²) in [5.74, 6) is 0. The molecule has 4 N–H and O–H groups in total. The molecule has 0 spiro atoms. The Hall–Kier alpha value is -0.400. The van der Waals surface area contributed by atoms with Crippen LogP contribution < -0.4 is 0 Å².